The summed E-state index contributed by atoms with van der Waals surface area (Å²) in [4.78, 5) is 28.7. The quantitative estimate of drug-likeness (QED) is 0.298. The molecule has 8 nitrogen and oxygen atoms in total. The number of anilines is 1. The first-order valence-corrected chi connectivity index (χ1v) is 15.0. The molecule has 0 bridgehead atoms. The third-order valence-electron chi connectivity index (χ3n) is 6.43. The Morgan fingerprint density at radius 3 is 2.27 bits per heavy atom. The second-order valence-corrected chi connectivity index (χ2v) is 11.7. The van der Waals surface area contributed by atoms with E-state index in [1.807, 2.05) is 51.1 Å². The summed E-state index contributed by atoms with van der Waals surface area (Å²) in [5.74, 6) is -0.600. The fraction of sp³-hybridized carbons (Fsp3) is 0.333. The molecule has 0 aromatic heterocycles. The SMILES string of the molecule is CCCNC(=O)C(CC)N(Cc1ccccc1)C(=O)CN(c1cc(Cl)ccc1OC)S(=O)(=O)c1ccc(C)cc1. The van der Waals surface area contributed by atoms with E-state index in [4.69, 9.17) is 16.3 Å². The number of nitrogens with one attached hydrogen (secondary N) is 1. The normalized spacial score (nSPS) is 11.9. The van der Waals surface area contributed by atoms with E-state index in [0.29, 0.717) is 13.0 Å². The van der Waals surface area contributed by atoms with Crippen LogP contribution in [0.2, 0.25) is 5.02 Å². The minimum Gasteiger partial charge on any atom is -0.495 e. The van der Waals surface area contributed by atoms with E-state index in [1.54, 1.807) is 24.3 Å². The van der Waals surface area contributed by atoms with E-state index in [-0.39, 0.29) is 33.8 Å². The monoisotopic (exact) mass is 585 g/mol. The molecule has 1 N–H and O–H groups in total. The number of halogens is 1. The molecule has 0 spiro atoms. The van der Waals surface area contributed by atoms with Crippen molar-refractivity contribution >= 4 is 39.1 Å². The standard InChI is InChI=1S/C30H36ClN3O5S/c1-5-18-32-30(36)26(6-2)33(20-23-10-8-7-9-11-23)29(35)21-34(27-19-24(31)14-17-28(27)39-4)40(37,38)25-15-12-22(3)13-16-25/h7-17,19,26H,5-6,18,20-21H2,1-4H3,(H,32,36). The maximum atomic E-state index is 14.1. The molecule has 0 saturated carbocycles. The summed E-state index contributed by atoms with van der Waals surface area (Å²) in [7, 11) is -2.83. The average molecular weight is 586 g/mol. The van der Waals surface area contributed by atoms with E-state index < -0.39 is 28.5 Å². The van der Waals surface area contributed by atoms with Gasteiger partial charge in [-0.15, -0.1) is 0 Å². The number of aryl methyl sites for hydroxylation is 1. The van der Waals surface area contributed by atoms with Crippen LogP contribution >= 0.6 is 11.6 Å². The lowest BCUT2D eigenvalue weighted by Gasteiger charge is -2.33. The maximum absolute atomic E-state index is 14.1. The molecule has 0 aliphatic rings. The highest BCUT2D eigenvalue weighted by Gasteiger charge is 2.34. The van der Waals surface area contributed by atoms with E-state index in [0.717, 1.165) is 21.9 Å². The molecule has 0 radical (unpaired) electrons. The predicted octanol–water partition coefficient (Wildman–Crippen LogP) is 5.19. The van der Waals surface area contributed by atoms with E-state index >= 15 is 0 Å². The van der Waals surface area contributed by atoms with Crippen molar-refractivity contribution in [2.45, 2.75) is 51.1 Å². The topological polar surface area (TPSA) is 96.0 Å². The van der Waals surface area contributed by atoms with Crippen LogP contribution in [-0.2, 0) is 26.2 Å². The molecule has 0 aliphatic heterocycles. The summed E-state index contributed by atoms with van der Waals surface area (Å²) in [5, 5.41) is 3.15. The minimum absolute atomic E-state index is 0.00951. The maximum Gasteiger partial charge on any atom is 0.264 e. The third-order valence-corrected chi connectivity index (χ3v) is 8.44. The van der Waals surface area contributed by atoms with Crippen LogP contribution in [0.15, 0.2) is 77.7 Å². The Balaban J connectivity index is 2.11. The van der Waals surface area contributed by atoms with Crippen LogP contribution in [0.3, 0.4) is 0 Å². The molecule has 2 amide bonds. The zero-order chi connectivity index (χ0) is 29.3. The number of hydrogen-bond acceptors (Lipinski definition) is 5. The van der Waals surface area contributed by atoms with Gasteiger partial charge < -0.3 is 15.0 Å². The van der Waals surface area contributed by atoms with Gasteiger partial charge >= 0.3 is 0 Å². The molecule has 0 fully saturated rings. The number of carbonyl (C=O) groups excluding carboxylic acids is 2. The van der Waals surface area contributed by atoms with Crippen LogP contribution in [0.4, 0.5) is 5.69 Å². The molecule has 3 aromatic rings. The van der Waals surface area contributed by atoms with Crippen molar-refractivity contribution in [2.75, 3.05) is 24.5 Å². The summed E-state index contributed by atoms with van der Waals surface area (Å²) in [6, 6.07) is 19.4. The first-order chi connectivity index (χ1) is 19.1. The van der Waals surface area contributed by atoms with Gasteiger partial charge in [0.25, 0.3) is 10.0 Å². The number of nitrogens with zero attached hydrogens (tertiary/aromatic N) is 2. The molecule has 40 heavy (non-hydrogen) atoms. The van der Waals surface area contributed by atoms with Crippen LogP contribution in [0.25, 0.3) is 0 Å². The Kier molecular flexibility index (Phi) is 11.0. The molecule has 3 rings (SSSR count). The first-order valence-electron chi connectivity index (χ1n) is 13.2. The highest BCUT2D eigenvalue weighted by molar-refractivity contribution is 7.92. The molecule has 0 aliphatic carbocycles. The Hall–Kier alpha value is -3.56. The number of hydrogen-bond donors (Lipinski definition) is 1. The summed E-state index contributed by atoms with van der Waals surface area (Å²) in [6.07, 6.45) is 1.09. The second-order valence-electron chi connectivity index (χ2n) is 9.36. The molecule has 214 valence electrons. The van der Waals surface area contributed by atoms with Crippen molar-refractivity contribution in [1.29, 1.82) is 0 Å². The fourth-order valence-corrected chi connectivity index (χ4v) is 5.86. The van der Waals surface area contributed by atoms with E-state index in [2.05, 4.69) is 5.32 Å². The van der Waals surface area contributed by atoms with Crippen LogP contribution in [0.5, 0.6) is 5.75 Å². The molecular weight excluding hydrogens is 550 g/mol. The summed E-state index contributed by atoms with van der Waals surface area (Å²) in [6.45, 7) is 5.65. The van der Waals surface area contributed by atoms with Crippen molar-refractivity contribution < 1.29 is 22.7 Å². The van der Waals surface area contributed by atoms with Crippen molar-refractivity contribution in [3.8, 4) is 5.75 Å². The average Bonchev–Trinajstić information content (AvgIpc) is 2.95. The Morgan fingerprint density at radius 2 is 1.68 bits per heavy atom. The molecular formula is C30H36ClN3O5S. The number of rotatable bonds is 13. The number of benzene rings is 3. The van der Waals surface area contributed by atoms with E-state index in [1.165, 1.54) is 30.2 Å². The van der Waals surface area contributed by atoms with Crippen LogP contribution in [-0.4, -0.2) is 51.4 Å². The number of ether oxygens (including phenoxy) is 1. The summed E-state index contributed by atoms with van der Waals surface area (Å²) < 4.78 is 34.5. The van der Waals surface area contributed by atoms with Crippen LogP contribution in [0, 0.1) is 6.92 Å². The molecule has 1 unspecified atom stereocenters. The predicted molar refractivity (Wildman–Crippen MR) is 158 cm³/mol. The summed E-state index contributed by atoms with van der Waals surface area (Å²) >= 11 is 6.28. The molecule has 10 heteroatoms. The second kappa shape index (κ2) is 14.2. The molecule has 1 atom stereocenters. The molecule has 0 heterocycles. The Labute approximate surface area is 241 Å². The number of sulfonamides is 1. The van der Waals surface area contributed by atoms with Crippen molar-refractivity contribution in [3.05, 3.63) is 88.9 Å². The van der Waals surface area contributed by atoms with Gasteiger partial charge in [-0.1, -0.05) is 73.5 Å². The van der Waals surface area contributed by atoms with Gasteiger partial charge in [0.05, 0.1) is 17.7 Å². The summed E-state index contributed by atoms with van der Waals surface area (Å²) in [5.41, 5.74) is 1.82. The zero-order valence-corrected chi connectivity index (χ0v) is 24.8. The Bertz CT molecular complexity index is 1400. The van der Waals surface area contributed by atoms with Crippen molar-refractivity contribution in [2.24, 2.45) is 0 Å². The number of carbonyl (C=O) groups is 2. The third kappa shape index (κ3) is 7.55. The molecule has 0 saturated heterocycles. The largest absolute Gasteiger partial charge is 0.495 e. The first kappa shape index (κ1) is 31.0. The highest BCUT2D eigenvalue weighted by Crippen LogP contribution is 2.35. The van der Waals surface area contributed by atoms with Gasteiger partial charge in [-0.3, -0.25) is 13.9 Å². The van der Waals surface area contributed by atoms with Crippen molar-refractivity contribution in [3.63, 3.8) is 0 Å². The lowest BCUT2D eigenvalue weighted by Crippen LogP contribution is -2.52. The van der Waals surface area contributed by atoms with Crippen molar-refractivity contribution in [1.82, 2.24) is 10.2 Å². The number of methoxy groups -OCH3 is 1. The van der Waals surface area contributed by atoms with Gasteiger partial charge in [-0.2, -0.15) is 0 Å². The Morgan fingerprint density at radius 1 is 1.00 bits per heavy atom. The highest BCUT2D eigenvalue weighted by atomic mass is 35.5. The lowest BCUT2D eigenvalue weighted by molar-refractivity contribution is -0.140. The van der Waals surface area contributed by atoms with Gasteiger partial charge in [0.15, 0.2) is 0 Å². The lowest BCUT2D eigenvalue weighted by atomic mass is 10.1. The smallest absolute Gasteiger partial charge is 0.264 e. The van der Waals surface area contributed by atoms with Gasteiger partial charge in [0.1, 0.15) is 18.3 Å². The molecule has 3 aromatic carbocycles. The minimum atomic E-state index is -4.24. The van der Waals surface area contributed by atoms with Gasteiger partial charge in [-0.05, 0) is 55.7 Å². The van der Waals surface area contributed by atoms with Crippen LogP contribution in [0.1, 0.15) is 37.8 Å². The van der Waals surface area contributed by atoms with E-state index in [9.17, 15) is 18.0 Å². The van der Waals surface area contributed by atoms with Gasteiger partial charge in [0, 0.05) is 18.1 Å². The zero-order valence-electron chi connectivity index (χ0n) is 23.3. The van der Waals surface area contributed by atoms with Crippen LogP contribution < -0.4 is 14.4 Å². The van der Waals surface area contributed by atoms with Gasteiger partial charge in [0.2, 0.25) is 11.8 Å². The number of amides is 2. The fourth-order valence-electron chi connectivity index (χ4n) is 4.27. The van der Waals surface area contributed by atoms with Gasteiger partial charge in [-0.25, -0.2) is 8.42 Å².